The van der Waals surface area contributed by atoms with Crippen molar-refractivity contribution < 1.29 is 31.1 Å². The van der Waals surface area contributed by atoms with Gasteiger partial charge in [-0.3, -0.25) is 0 Å². The van der Waals surface area contributed by atoms with Crippen molar-refractivity contribution in [2.45, 2.75) is 28.7 Å². The molecule has 0 aromatic heterocycles. The van der Waals surface area contributed by atoms with Gasteiger partial charge >= 0.3 is 6.09 Å². The zero-order valence-corrected chi connectivity index (χ0v) is 17.7. The minimum absolute atomic E-state index is 0.00572. The zero-order valence-electron chi connectivity index (χ0n) is 16.1. The van der Waals surface area contributed by atoms with Crippen molar-refractivity contribution in [3.63, 3.8) is 0 Å². The van der Waals surface area contributed by atoms with E-state index in [9.17, 15) is 21.6 Å². The normalized spacial score (nSPS) is 19.8. The molecule has 0 bridgehead atoms. The highest BCUT2D eigenvalue weighted by atomic mass is 32.2. The number of sulfonamides is 2. The van der Waals surface area contributed by atoms with Crippen molar-refractivity contribution in [1.82, 2.24) is 13.9 Å². The average Bonchev–Trinajstić information content (AvgIpc) is 2.74. The van der Waals surface area contributed by atoms with Crippen LogP contribution in [-0.4, -0.2) is 84.7 Å². The number of hydrogen-bond acceptors (Lipinski definition) is 7. The van der Waals surface area contributed by atoms with Gasteiger partial charge in [-0.25, -0.2) is 26.4 Å². The molecule has 162 valence electrons. The second-order valence-electron chi connectivity index (χ2n) is 6.84. The van der Waals surface area contributed by atoms with Gasteiger partial charge in [0, 0.05) is 32.2 Å². The number of carbonyl (C=O) groups excluding carboxylic acids is 1. The van der Waals surface area contributed by atoms with Gasteiger partial charge in [0.2, 0.25) is 20.0 Å². The molecule has 0 atom stereocenters. The van der Waals surface area contributed by atoms with E-state index >= 15 is 0 Å². The molecular weight excluding hydrogens is 422 g/mol. The van der Waals surface area contributed by atoms with E-state index in [2.05, 4.69) is 9.46 Å². The Morgan fingerprint density at radius 3 is 2.10 bits per heavy atom. The molecule has 0 unspecified atom stereocenters. The maximum Gasteiger partial charge on any atom is 0.409 e. The zero-order chi connectivity index (χ0) is 21.1. The topological polar surface area (TPSA) is 122 Å². The third kappa shape index (κ3) is 5.07. The molecule has 1 amide bonds. The molecule has 1 aromatic rings. The summed E-state index contributed by atoms with van der Waals surface area (Å²) in [6.45, 7) is 2.02. The van der Waals surface area contributed by atoms with Crippen molar-refractivity contribution in [3.05, 3.63) is 24.3 Å². The van der Waals surface area contributed by atoms with Gasteiger partial charge in [0.1, 0.15) is 0 Å². The van der Waals surface area contributed by atoms with E-state index in [0.717, 1.165) is 0 Å². The van der Waals surface area contributed by atoms with Crippen molar-refractivity contribution in [2.24, 2.45) is 0 Å². The van der Waals surface area contributed by atoms with Crippen LogP contribution in [-0.2, 0) is 29.5 Å². The van der Waals surface area contributed by atoms with Crippen LogP contribution in [0.15, 0.2) is 34.1 Å². The highest BCUT2D eigenvalue weighted by Crippen LogP contribution is 2.20. The Morgan fingerprint density at radius 1 is 1.00 bits per heavy atom. The highest BCUT2D eigenvalue weighted by molar-refractivity contribution is 7.89. The number of benzene rings is 1. The predicted molar refractivity (Wildman–Crippen MR) is 103 cm³/mol. The molecule has 0 aliphatic carbocycles. The third-order valence-electron chi connectivity index (χ3n) is 4.99. The Balaban J connectivity index is 1.65. The predicted octanol–water partition coefficient (Wildman–Crippen LogP) is 0.217. The Labute approximate surface area is 170 Å². The van der Waals surface area contributed by atoms with Crippen LogP contribution in [0, 0.1) is 0 Å². The summed E-state index contributed by atoms with van der Waals surface area (Å²) in [7, 11) is -6.18. The van der Waals surface area contributed by atoms with Crippen LogP contribution in [0.25, 0.3) is 0 Å². The maximum absolute atomic E-state index is 12.6. The summed E-state index contributed by atoms with van der Waals surface area (Å²) in [5, 5.41) is 0. The van der Waals surface area contributed by atoms with Gasteiger partial charge in [0.05, 0.1) is 30.1 Å². The van der Waals surface area contributed by atoms with Crippen LogP contribution >= 0.6 is 0 Å². The lowest BCUT2D eigenvalue weighted by atomic mass is 10.1. The third-order valence-corrected chi connectivity index (χ3v) is 8.44. The fourth-order valence-corrected chi connectivity index (χ4v) is 6.04. The van der Waals surface area contributed by atoms with Crippen LogP contribution < -0.4 is 4.72 Å². The highest BCUT2D eigenvalue weighted by Gasteiger charge is 2.29. The van der Waals surface area contributed by atoms with Crippen LogP contribution in [0.5, 0.6) is 0 Å². The summed E-state index contributed by atoms with van der Waals surface area (Å²) in [4.78, 5) is 13.1. The van der Waals surface area contributed by atoms with Gasteiger partial charge in [0.25, 0.3) is 0 Å². The molecule has 29 heavy (non-hydrogen) atoms. The number of piperidine rings is 1. The van der Waals surface area contributed by atoms with Crippen molar-refractivity contribution in [2.75, 3.05) is 46.5 Å². The Bertz CT molecular complexity index is 918. The molecule has 10 nitrogen and oxygen atoms in total. The van der Waals surface area contributed by atoms with Gasteiger partial charge in [-0.2, -0.15) is 4.31 Å². The number of hydrogen-bond donors (Lipinski definition) is 1. The molecule has 1 N–H and O–H groups in total. The Hall–Kier alpha value is -1.73. The second-order valence-corrected chi connectivity index (χ2v) is 10.5. The number of rotatable bonds is 5. The summed E-state index contributed by atoms with van der Waals surface area (Å²) in [6.07, 6.45) is 0.513. The van der Waals surface area contributed by atoms with E-state index in [1.54, 1.807) is 0 Å². The second kappa shape index (κ2) is 8.96. The van der Waals surface area contributed by atoms with Gasteiger partial charge in [-0.1, -0.05) is 0 Å². The van der Waals surface area contributed by atoms with Crippen molar-refractivity contribution in [1.29, 1.82) is 0 Å². The van der Waals surface area contributed by atoms with Crippen LogP contribution in [0.2, 0.25) is 0 Å². The lowest BCUT2D eigenvalue weighted by Gasteiger charge is -2.31. The fourth-order valence-electron chi connectivity index (χ4n) is 3.32. The quantitative estimate of drug-likeness (QED) is 0.685. The first kappa shape index (κ1) is 22.0. The molecule has 2 heterocycles. The lowest BCUT2D eigenvalue weighted by molar-refractivity contribution is 0.0730. The number of nitrogens with one attached hydrogen (secondary N) is 1. The molecule has 2 aliphatic heterocycles. The number of carbonyl (C=O) groups is 1. The molecular formula is C17H25N3O7S2. The van der Waals surface area contributed by atoms with Gasteiger partial charge < -0.3 is 14.4 Å². The van der Waals surface area contributed by atoms with E-state index in [0.29, 0.717) is 39.1 Å². The SMILES string of the molecule is COC(=O)N1CCC(NS(=O)(=O)c2ccc(S(=O)(=O)N3CCOCC3)cc2)CC1. The molecule has 1 aromatic carbocycles. The van der Waals surface area contributed by atoms with Crippen LogP contribution in [0.3, 0.4) is 0 Å². The summed E-state index contributed by atoms with van der Waals surface area (Å²) < 4.78 is 64.4. The van der Waals surface area contributed by atoms with E-state index in [-0.39, 0.29) is 28.9 Å². The van der Waals surface area contributed by atoms with Crippen LogP contribution in [0.4, 0.5) is 4.79 Å². The summed E-state index contributed by atoms with van der Waals surface area (Å²) >= 11 is 0. The van der Waals surface area contributed by atoms with Gasteiger partial charge in [0.15, 0.2) is 0 Å². The summed E-state index contributed by atoms with van der Waals surface area (Å²) in [6, 6.07) is 4.88. The van der Waals surface area contributed by atoms with Crippen LogP contribution in [0.1, 0.15) is 12.8 Å². The number of morpholine rings is 1. The number of nitrogens with zero attached hydrogens (tertiary/aromatic N) is 2. The summed E-state index contributed by atoms with van der Waals surface area (Å²) in [5.74, 6) is 0. The van der Waals surface area contributed by atoms with E-state index in [1.165, 1.54) is 40.6 Å². The first-order chi connectivity index (χ1) is 13.7. The number of likely N-dealkylation sites (tertiary alicyclic amines) is 1. The smallest absolute Gasteiger partial charge is 0.409 e. The van der Waals surface area contributed by atoms with Crippen molar-refractivity contribution in [3.8, 4) is 0 Å². The lowest BCUT2D eigenvalue weighted by Crippen LogP contribution is -2.46. The van der Waals surface area contributed by atoms with E-state index in [1.807, 2.05) is 0 Å². The number of methoxy groups -OCH3 is 1. The largest absolute Gasteiger partial charge is 0.453 e. The molecule has 0 saturated carbocycles. The fraction of sp³-hybridized carbons (Fsp3) is 0.588. The molecule has 0 radical (unpaired) electrons. The molecule has 12 heteroatoms. The summed E-state index contributed by atoms with van der Waals surface area (Å²) in [5.41, 5.74) is 0. The van der Waals surface area contributed by atoms with E-state index < -0.39 is 26.1 Å². The molecule has 2 saturated heterocycles. The first-order valence-electron chi connectivity index (χ1n) is 9.27. The standard InChI is InChI=1S/C17H25N3O7S2/c1-26-17(21)19-8-6-14(7-9-19)18-28(22,23)15-2-4-16(5-3-15)29(24,25)20-10-12-27-13-11-20/h2-5,14,18H,6-13H2,1H3. The minimum atomic E-state index is -3.80. The minimum Gasteiger partial charge on any atom is -0.453 e. The van der Waals surface area contributed by atoms with Gasteiger partial charge in [-0.05, 0) is 37.1 Å². The monoisotopic (exact) mass is 447 g/mol. The van der Waals surface area contributed by atoms with Gasteiger partial charge in [-0.15, -0.1) is 0 Å². The van der Waals surface area contributed by atoms with E-state index in [4.69, 9.17) is 4.74 Å². The van der Waals surface area contributed by atoms with Crippen molar-refractivity contribution >= 4 is 26.1 Å². The maximum atomic E-state index is 12.6. The molecule has 2 fully saturated rings. The molecule has 2 aliphatic rings. The molecule has 0 spiro atoms. The Morgan fingerprint density at radius 2 is 1.55 bits per heavy atom. The first-order valence-corrected chi connectivity index (χ1v) is 12.2. The molecule has 3 rings (SSSR count). The average molecular weight is 448 g/mol. The number of amides is 1. The Kier molecular flexibility index (Phi) is 6.79. The number of ether oxygens (including phenoxy) is 2.